The zero-order chi connectivity index (χ0) is 14.6. The zero-order valence-corrected chi connectivity index (χ0v) is 13.2. The van der Waals surface area contributed by atoms with E-state index in [1.807, 2.05) is 0 Å². The van der Waals surface area contributed by atoms with Crippen molar-refractivity contribution in [1.82, 2.24) is 4.90 Å². The molecular formula is C17H19N3OS. The number of hydrogen-bond donors (Lipinski definition) is 1. The minimum absolute atomic E-state index is 0.0600. The number of anilines is 1. The normalized spacial score (nSPS) is 33.2. The van der Waals surface area contributed by atoms with Gasteiger partial charge in [0.2, 0.25) is 0 Å². The van der Waals surface area contributed by atoms with E-state index in [1.54, 1.807) is 11.3 Å². The van der Waals surface area contributed by atoms with E-state index in [-0.39, 0.29) is 5.60 Å². The number of piperidine rings is 3. The third kappa shape index (κ3) is 1.96. The predicted molar refractivity (Wildman–Crippen MR) is 90.5 cm³/mol. The summed E-state index contributed by atoms with van der Waals surface area (Å²) in [6.45, 7) is 3.50. The zero-order valence-electron chi connectivity index (χ0n) is 12.4. The molecule has 5 heterocycles. The number of fused-ring (bicyclic) bond motifs is 3. The molecule has 1 atom stereocenters. The summed E-state index contributed by atoms with van der Waals surface area (Å²) in [6, 6.07) is 10.7. The average Bonchev–Trinajstić information content (AvgIpc) is 3.12. The van der Waals surface area contributed by atoms with E-state index in [2.05, 4.69) is 45.7 Å². The van der Waals surface area contributed by atoms with Gasteiger partial charge < -0.3 is 10.2 Å². The number of benzene rings is 1. The molecule has 3 saturated heterocycles. The summed E-state index contributed by atoms with van der Waals surface area (Å²) < 4.78 is 1.31. The Kier molecular flexibility index (Phi) is 2.76. The first-order valence-electron chi connectivity index (χ1n) is 8.04. The van der Waals surface area contributed by atoms with Crippen molar-refractivity contribution in [2.24, 2.45) is 11.1 Å². The molecule has 3 fully saturated rings. The number of amidine groups is 1. The molecule has 22 heavy (non-hydrogen) atoms. The number of nitrogens with one attached hydrogen (secondary N) is 1. The van der Waals surface area contributed by atoms with Crippen LogP contribution in [0.4, 0.5) is 5.00 Å². The molecule has 1 N–H and O–H groups in total. The predicted octanol–water partition coefficient (Wildman–Crippen LogP) is 3.51. The van der Waals surface area contributed by atoms with Gasteiger partial charge in [0.15, 0.2) is 11.4 Å². The lowest BCUT2D eigenvalue weighted by molar-refractivity contribution is -0.136. The topological polar surface area (TPSA) is 36.9 Å². The average molecular weight is 313 g/mol. The molecule has 1 unspecified atom stereocenters. The lowest BCUT2D eigenvalue weighted by Gasteiger charge is -2.49. The molecule has 6 rings (SSSR count). The molecule has 4 aliphatic heterocycles. The lowest BCUT2D eigenvalue weighted by atomic mass is 9.73. The van der Waals surface area contributed by atoms with Crippen LogP contribution in [0, 0.1) is 5.92 Å². The third-order valence-corrected chi connectivity index (χ3v) is 6.35. The molecule has 4 aliphatic rings. The number of oxime groups is 1. The van der Waals surface area contributed by atoms with Gasteiger partial charge in [-0.2, -0.15) is 0 Å². The fraction of sp³-hybridized carbons (Fsp3) is 0.471. The largest absolute Gasteiger partial charge is 0.386 e. The second-order valence-corrected chi connectivity index (χ2v) is 7.78. The molecular weight excluding hydrogens is 294 g/mol. The highest BCUT2D eigenvalue weighted by Crippen LogP contribution is 2.43. The highest BCUT2D eigenvalue weighted by molar-refractivity contribution is 7.22. The van der Waals surface area contributed by atoms with Crippen LogP contribution in [0.5, 0.6) is 0 Å². The van der Waals surface area contributed by atoms with Crippen LogP contribution in [0.2, 0.25) is 0 Å². The van der Waals surface area contributed by atoms with Gasteiger partial charge in [-0.25, -0.2) is 0 Å². The SMILES string of the molecule is c1ccc2sc(NC3=NOC4(C3)CN3CCC4CC3)cc2c1. The van der Waals surface area contributed by atoms with Crippen molar-refractivity contribution in [2.45, 2.75) is 24.9 Å². The summed E-state index contributed by atoms with van der Waals surface area (Å²) in [5.74, 6) is 1.66. The van der Waals surface area contributed by atoms with Crippen LogP contribution in [0.3, 0.4) is 0 Å². The maximum absolute atomic E-state index is 5.96. The van der Waals surface area contributed by atoms with Gasteiger partial charge in [-0.05, 0) is 43.5 Å². The standard InChI is InChI=1S/C17H19N3OS/c1-2-4-14-12(3-1)9-16(22-14)18-15-10-17(21-19-15)11-20-7-5-13(17)6-8-20/h1-4,9,13H,5-8,10-11H2,(H,18,19). The van der Waals surface area contributed by atoms with E-state index in [4.69, 9.17) is 4.84 Å². The van der Waals surface area contributed by atoms with Crippen LogP contribution >= 0.6 is 11.3 Å². The monoisotopic (exact) mass is 313 g/mol. The Hall–Kier alpha value is -1.59. The van der Waals surface area contributed by atoms with Crippen LogP contribution in [0.15, 0.2) is 35.5 Å². The fourth-order valence-corrected chi connectivity index (χ4v) is 5.16. The minimum atomic E-state index is -0.0600. The highest BCUT2D eigenvalue weighted by Gasteiger charge is 2.52. The molecule has 1 aromatic heterocycles. The summed E-state index contributed by atoms with van der Waals surface area (Å²) in [6.07, 6.45) is 3.43. The van der Waals surface area contributed by atoms with E-state index in [9.17, 15) is 0 Å². The Balaban J connectivity index is 1.35. The van der Waals surface area contributed by atoms with E-state index >= 15 is 0 Å². The second kappa shape index (κ2) is 4.70. The van der Waals surface area contributed by atoms with Crippen molar-refractivity contribution >= 4 is 32.3 Å². The molecule has 0 radical (unpaired) electrons. The first kappa shape index (κ1) is 12.9. The van der Waals surface area contributed by atoms with Gasteiger partial charge in [0, 0.05) is 17.2 Å². The number of hydrogen-bond acceptors (Lipinski definition) is 5. The van der Waals surface area contributed by atoms with Gasteiger partial charge >= 0.3 is 0 Å². The smallest absolute Gasteiger partial charge is 0.160 e. The van der Waals surface area contributed by atoms with Gasteiger partial charge in [-0.3, -0.25) is 4.90 Å². The minimum Gasteiger partial charge on any atom is -0.386 e. The van der Waals surface area contributed by atoms with Gasteiger partial charge in [0.25, 0.3) is 0 Å². The summed E-state index contributed by atoms with van der Waals surface area (Å²) in [4.78, 5) is 8.49. The third-order valence-electron chi connectivity index (χ3n) is 5.32. The summed E-state index contributed by atoms with van der Waals surface area (Å²) in [5.41, 5.74) is -0.0600. The Labute approximate surface area is 133 Å². The van der Waals surface area contributed by atoms with Crippen LogP contribution in [0.1, 0.15) is 19.3 Å². The van der Waals surface area contributed by atoms with Crippen molar-refractivity contribution in [3.05, 3.63) is 30.3 Å². The molecule has 5 heteroatoms. The van der Waals surface area contributed by atoms with E-state index in [1.165, 1.54) is 36.0 Å². The Morgan fingerprint density at radius 1 is 1.27 bits per heavy atom. The molecule has 4 nitrogen and oxygen atoms in total. The summed E-state index contributed by atoms with van der Waals surface area (Å²) >= 11 is 1.78. The van der Waals surface area contributed by atoms with Crippen molar-refractivity contribution < 1.29 is 4.84 Å². The Bertz CT molecular complexity index is 714. The Morgan fingerprint density at radius 2 is 2.14 bits per heavy atom. The maximum atomic E-state index is 5.96. The van der Waals surface area contributed by atoms with Gasteiger partial charge in [0.1, 0.15) is 0 Å². The summed E-state index contributed by atoms with van der Waals surface area (Å²) in [5, 5.41) is 10.3. The molecule has 0 saturated carbocycles. The molecule has 1 aromatic carbocycles. The van der Waals surface area contributed by atoms with Crippen molar-refractivity contribution in [3.63, 3.8) is 0 Å². The van der Waals surface area contributed by atoms with Crippen LogP contribution in [0.25, 0.3) is 10.1 Å². The van der Waals surface area contributed by atoms with E-state index in [0.29, 0.717) is 5.92 Å². The van der Waals surface area contributed by atoms with Crippen molar-refractivity contribution in [3.8, 4) is 0 Å². The van der Waals surface area contributed by atoms with Crippen molar-refractivity contribution in [2.75, 3.05) is 25.0 Å². The highest BCUT2D eigenvalue weighted by atomic mass is 32.1. The molecule has 2 aromatic rings. The quantitative estimate of drug-likeness (QED) is 0.875. The molecule has 2 bridgehead atoms. The molecule has 1 spiro atoms. The number of rotatable bonds is 1. The second-order valence-electron chi connectivity index (χ2n) is 6.69. The first-order chi connectivity index (χ1) is 10.8. The molecule has 0 amide bonds. The van der Waals surface area contributed by atoms with Gasteiger partial charge in [-0.15, -0.1) is 11.3 Å². The first-order valence-corrected chi connectivity index (χ1v) is 8.85. The van der Waals surface area contributed by atoms with Crippen LogP contribution in [-0.2, 0) is 4.84 Å². The van der Waals surface area contributed by atoms with E-state index < -0.39 is 0 Å². The van der Waals surface area contributed by atoms with Gasteiger partial charge in [0.05, 0.1) is 11.4 Å². The van der Waals surface area contributed by atoms with E-state index in [0.717, 1.165) is 23.8 Å². The molecule has 114 valence electrons. The van der Waals surface area contributed by atoms with Crippen LogP contribution < -0.4 is 5.32 Å². The summed E-state index contributed by atoms with van der Waals surface area (Å²) in [7, 11) is 0. The van der Waals surface area contributed by atoms with Crippen LogP contribution in [-0.4, -0.2) is 36.0 Å². The number of nitrogens with zero attached hydrogens (tertiary/aromatic N) is 2. The fourth-order valence-electron chi connectivity index (χ4n) is 4.18. The van der Waals surface area contributed by atoms with Crippen molar-refractivity contribution in [1.29, 1.82) is 0 Å². The maximum Gasteiger partial charge on any atom is 0.160 e. The molecule has 0 aliphatic carbocycles. The van der Waals surface area contributed by atoms with Gasteiger partial charge in [-0.1, -0.05) is 23.4 Å². The Morgan fingerprint density at radius 3 is 2.91 bits per heavy atom. The number of thiophene rings is 1. The lowest BCUT2D eigenvalue weighted by Crippen LogP contribution is -2.59.